The van der Waals surface area contributed by atoms with Crippen LogP contribution < -0.4 is 0 Å². The molecule has 0 atom stereocenters. The number of benzene rings is 1. The Morgan fingerprint density at radius 3 is 2.43 bits per heavy atom. The monoisotopic (exact) mass is 289 g/mol. The van der Waals surface area contributed by atoms with Crippen LogP contribution in [0.1, 0.15) is 27.3 Å². The molecule has 1 aromatic heterocycles. The maximum absolute atomic E-state index is 11.1. The van der Waals surface area contributed by atoms with Gasteiger partial charge in [-0.25, -0.2) is 4.79 Å². The standard InChI is InChI=1S/C14H15N3O4/c1-9-13(14(18)19)10(2)16(15-9)8-7-11-3-5-12(6-4-11)17(20)21/h3-6H,7-8H2,1-2H3,(H,18,19). The molecular weight excluding hydrogens is 274 g/mol. The van der Waals surface area contributed by atoms with Gasteiger partial charge in [0.05, 0.1) is 16.3 Å². The molecule has 0 amide bonds. The van der Waals surface area contributed by atoms with Gasteiger partial charge in [-0.3, -0.25) is 14.8 Å². The molecule has 0 bridgehead atoms. The molecule has 0 aliphatic rings. The average Bonchev–Trinajstić information content (AvgIpc) is 2.71. The Bertz CT molecular complexity index is 689. The van der Waals surface area contributed by atoms with E-state index in [-0.39, 0.29) is 11.3 Å². The van der Waals surface area contributed by atoms with Gasteiger partial charge in [0.1, 0.15) is 5.56 Å². The second-order valence-corrected chi connectivity index (χ2v) is 4.75. The molecule has 0 fully saturated rings. The predicted molar refractivity (Wildman–Crippen MR) is 75.5 cm³/mol. The van der Waals surface area contributed by atoms with Crippen LogP contribution in [-0.4, -0.2) is 25.8 Å². The lowest BCUT2D eigenvalue weighted by Gasteiger charge is -2.05. The van der Waals surface area contributed by atoms with Crippen LogP contribution in [0.3, 0.4) is 0 Å². The molecule has 0 saturated heterocycles. The number of nitro groups is 1. The number of carboxylic acids is 1. The average molecular weight is 289 g/mol. The summed E-state index contributed by atoms with van der Waals surface area (Å²) in [6.45, 7) is 3.91. The van der Waals surface area contributed by atoms with Crippen molar-refractivity contribution in [1.29, 1.82) is 0 Å². The fraction of sp³-hybridized carbons (Fsp3) is 0.286. The summed E-state index contributed by atoms with van der Waals surface area (Å²) in [7, 11) is 0. The summed E-state index contributed by atoms with van der Waals surface area (Å²) in [5.74, 6) is -0.980. The fourth-order valence-corrected chi connectivity index (χ4v) is 2.24. The van der Waals surface area contributed by atoms with E-state index >= 15 is 0 Å². The van der Waals surface area contributed by atoms with Gasteiger partial charge in [0.2, 0.25) is 0 Å². The minimum absolute atomic E-state index is 0.0537. The van der Waals surface area contributed by atoms with Crippen LogP contribution in [0.15, 0.2) is 24.3 Å². The van der Waals surface area contributed by atoms with E-state index in [2.05, 4.69) is 5.10 Å². The largest absolute Gasteiger partial charge is 0.478 e. The number of hydrogen-bond acceptors (Lipinski definition) is 4. The molecule has 0 spiro atoms. The quantitative estimate of drug-likeness (QED) is 0.673. The summed E-state index contributed by atoms with van der Waals surface area (Å²) in [6.07, 6.45) is 0.624. The molecule has 1 N–H and O–H groups in total. The van der Waals surface area contributed by atoms with E-state index in [0.29, 0.717) is 24.4 Å². The highest BCUT2D eigenvalue weighted by atomic mass is 16.6. The number of nitrogens with zero attached hydrogens (tertiary/aromatic N) is 3. The Morgan fingerprint density at radius 1 is 1.33 bits per heavy atom. The minimum atomic E-state index is -0.980. The lowest BCUT2D eigenvalue weighted by Crippen LogP contribution is -2.07. The zero-order valence-corrected chi connectivity index (χ0v) is 11.7. The van der Waals surface area contributed by atoms with Crippen LogP contribution >= 0.6 is 0 Å². The van der Waals surface area contributed by atoms with Crippen LogP contribution in [-0.2, 0) is 13.0 Å². The molecule has 110 valence electrons. The van der Waals surface area contributed by atoms with E-state index in [1.807, 2.05) is 0 Å². The van der Waals surface area contributed by atoms with Crippen molar-refractivity contribution in [3.8, 4) is 0 Å². The number of hydrogen-bond donors (Lipinski definition) is 1. The summed E-state index contributed by atoms with van der Waals surface area (Å²) >= 11 is 0. The van der Waals surface area contributed by atoms with Crippen molar-refractivity contribution in [3.05, 3.63) is 56.9 Å². The van der Waals surface area contributed by atoms with Crippen LogP contribution in [0.2, 0.25) is 0 Å². The maximum atomic E-state index is 11.1. The molecule has 1 heterocycles. The normalized spacial score (nSPS) is 10.6. The number of carboxylic acid groups (broad SMARTS) is 1. The first-order valence-corrected chi connectivity index (χ1v) is 6.40. The van der Waals surface area contributed by atoms with Crippen molar-refractivity contribution in [3.63, 3.8) is 0 Å². The van der Waals surface area contributed by atoms with Gasteiger partial charge in [-0.15, -0.1) is 0 Å². The van der Waals surface area contributed by atoms with Crippen LogP contribution in [0, 0.1) is 24.0 Å². The van der Waals surface area contributed by atoms with Crippen molar-refractivity contribution >= 4 is 11.7 Å². The smallest absolute Gasteiger partial charge is 0.339 e. The van der Waals surface area contributed by atoms with E-state index in [4.69, 9.17) is 5.11 Å². The van der Waals surface area contributed by atoms with Gasteiger partial charge >= 0.3 is 5.97 Å². The molecule has 0 radical (unpaired) electrons. The van der Waals surface area contributed by atoms with Gasteiger partial charge in [-0.1, -0.05) is 12.1 Å². The molecule has 0 unspecified atom stereocenters. The Kier molecular flexibility index (Phi) is 4.02. The molecule has 7 nitrogen and oxygen atoms in total. The maximum Gasteiger partial charge on any atom is 0.339 e. The van der Waals surface area contributed by atoms with Crippen LogP contribution in [0.25, 0.3) is 0 Å². The van der Waals surface area contributed by atoms with Gasteiger partial charge in [-0.2, -0.15) is 5.10 Å². The van der Waals surface area contributed by atoms with Crippen LogP contribution in [0.5, 0.6) is 0 Å². The van der Waals surface area contributed by atoms with Gasteiger partial charge in [-0.05, 0) is 25.8 Å². The van der Waals surface area contributed by atoms with Crippen molar-refractivity contribution in [2.45, 2.75) is 26.8 Å². The third kappa shape index (κ3) is 3.07. The van der Waals surface area contributed by atoms with E-state index < -0.39 is 10.9 Å². The third-order valence-electron chi connectivity index (χ3n) is 3.35. The van der Waals surface area contributed by atoms with Gasteiger partial charge < -0.3 is 5.11 Å². The van der Waals surface area contributed by atoms with Crippen LogP contribution in [0.4, 0.5) is 5.69 Å². The Labute approximate surface area is 121 Å². The fourth-order valence-electron chi connectivity index (χ4n) is 2.24. The van der Waals surface area contributed by atoms with E-state index in [1.165, 1.54) is 12.1 Å². The van der Waals surface area contributed by atoms with E-state index in [9.17, 15) is 14.9 Å². The number of carbonyl (C=O) groups is 1. The number of rotatable bonds is 5. The molecule has 2 aromatic rings. The zero-order chi connectivity index (χ0) is 15.6. The molecule has 7 heteroatoms. The summed E-state index contributed by atoms with van der Waals surface area (Å²) in [4.78, 5) is 21.2. The first-order valence-electron chi connectivity index (χ1n) is 6.40. The molecular formula is C14H15N3O4. The molecule has 0 saturated carbocycles. The Morgan fingerprint density at radius 2 is 1.95 bits per heavy atom. The zero-order valence-electron chi connectivity index (χ0n) is 11.7. The summed E-state index contributed by atoms with van der Waals surface area (Å²) in [5, 5.41) is 23.9. The Balaban J connectivity index is 2.11. The highest BCUT2D eigenvalue weighted by molar-refractivity contribution is 5.90. The topological polar surface area (TPSA) is 98.3 Å². The van der Waals surface area contributed by atoms with Crippen molar-refractivity contribution < 1.29 is 14.8 Å². The van der Waals surface area contributed by atoms with Gasteiger partial charge in [0.25, 0.3) is 5.69 Å². The number of nitro benzene ring substituents is 1. The minimum Gasteiger partial charge on any atom is -0.478 e. The van der Waals surface area contributed by atoms with E-state index in [1.54, 1.807) is 30.7 Å². The first kappa shape index (κ1) is 14.7. The third-order valence-corrected chi connectivity index (χ3v) is 3.35. The highest BCUT2D eigenvalue weighted by Crippen LogP contribution is 2.15. The van der Waals surface area contributed by atoms with Crippen molar-refractivity contribution in [2.24, 2.45) is 0 Å². The number of non-ortho nitro benzene ring substituents is 1. The van der Waals surface area contributed by atoms with Crippen molar-refractivity contribution in [1.82, 2.24) is 9.78 Å². The number of aryl methyl sites for hydroxylation is 3. The highest BCUT2D eigenvalue weighted by Gasteiger charge is 2.17. The molecule has 1 aromatic carbocycles. The summed E-state index contributed by atoms with van der Waals surface area (Å²) in [5.41, 5.74) is 2.33. The second-order valence-electron chi connectivity index (χ2n) is 4.75. The van der Waals surface area contributed by atoms with E-state index in [0.717, 1.165) is 5.56 Å². The Hall–Kier alpha value is -2.70. The number of aromatic carboxylic acids is 1. The SMILES string of the molecule is Cc1nn(CCc2ccc([N+](=O)[O-])cc2)c(C)c1C(=O)O. The van der Waals surface area contributed by atoms with Gasteiger partial charge in [0, 0.05) is 18.7 Å². The number of aromatic nitrogens is 2. The van der Waals surface area contributed by atoms with Gasteiger partial charge in [0.15, 0.2) is 0 Å². The molecule has 0 aliphatic carbocycles. The summed E-state index contributed by atoms with van der Waals surface area (Å²) in [6, 6.07) is 6.31. The predicted octanol–water partition coefficient (Wildman–Crippen LogP) is 2.35. The lowest BCUT2D eigenvalue weighted by atomic mass is 10.1. The second kappa shape index (κ2) is 5.74. The molecule has 21 heavy (non-hydrogen) atoms. The van der Waals surface area contributed by atoms with Crippen molar-refractivity contribution in [2.75, 3.05) is 0 Å². The molecule has 2 rings (SSSR count). The molecule has 0 aliphatic heterocycles. The summed E-state index contributed by atoms with van der Waals surface area (Å²) < 4.78 is 1.65. The lowest BCUT2D eigenvalue weighted by molar-refractivity contribution is -0.384. The first-order chi connectivity index (χ1) is 9.90.